The maximum atomic E-state index is 12.7. The number of halogens is 2. The first-order valence-corrected chi connectivity index (χ1v) is 7.24. The predicted molar refractivity (Wildman–Crippen MR) is 88.8 cm³/mol. The molecule has 1 amide bonds. The highest BCUT2D eigenvalue weighted by atomic mass is 35.5. The molecule has 1 aromatic rings. The summed E-state index contributed by atoms with van der Waals surface area (Å²) in [6.45, 7) is 6.79. The van der Waals surface area contributed by atoms with E-state index in [-0.39, 0.29) is 42.7 Å². The largest absolute Gasteiger partial charge is 0.493 e. The number of carbonyl (C=O) groups excluding carboxylic acids is 1. The standard InChI is InChI=1S/C16H25FN2O2.ClH/c1-12(2)10-16(3,11-18)19-15(20)8-9-21-14-6-4-13(17)5-7-14;/h4-7,12H,8-11,18H2,1-3H3,(H,19,20);1H. The third-order valence-electron chi connectivity index (χ3n) is 3.16. The Bertz CT molecular complexity index is 454. The van der Waals surface area contributed by atoms with Crippen LogP contribution in [0.25, 0.3) is 0 Å². The van der Waals surface area contributed by atoms with Crippen molar-refractivity contribution in [2.24, 2.45) is 11.7 Å². The van der Waals surface area contributed by atoms with E-state index < -0.39 is 0 Å². The van der Waals surface area contributed by atoms with Crippen LogP contribution in [0.2, 0.25) is 0 Å². The summed E-state index contributed by atoms with van der Waals surface area (Å²) in [6.07, 6.45) is 1.07. The van der Waals surface area contributed by atoms with Gasteiger partial charge in [0.1, 0.15) is 11.6 Å². The van der Waals surface area contributed by atoms with E-state index in [1.807, 2.05) is 6.92 Å². The molecule has 0 bridgehead atoms. The molecule has 1 atom stereocenters. The Hall–Kier alpha value is -1.33. The zero-order valence-electron chi connectivity index (χ0n) is 13.4. The molecule has 0 fully saturated rings. The molecule has 0 heterocycles. The Kier molecular flexibility index (Phi) is 9.06. The van der Waals surface area contributed by atoms with E-state index in [1.54, 1.807) is 0 Å². The zero-order chi connectivity index (χ0) is 15.9. The van der Waals surface area contributed by atoms with Gasteiger partial charge in [0, 0.05) is 12.1 Å². The minimum absolute atomic E-state index is 0. The smallest absolute Gasteiger partial charge is 0.223 e. The highest BCUT2D eigenvalue weighted by Gasteiger charge is 2.25. The lowest BCUT2D eigenvalue weighted by atomic mass is 9.90. The van der Waals surface area contributed by atoms with Crippen LogP contribution in [-0.2, 0) is 4.79 Å². The van der Waals surface area contributed by atoms with Gasteiger partial charge in [-0.2, -0.15) is 0 Å². The van der Waals surface area contributed by atoms with Crippen LogP contribution >= 0.6 is 12.4 Å². The van der Waals surface area contributed by atoms with Gasteiger partial charge in [0.15, 0.2) is 0 Å². The van der Waals surface area contributed by atoms with E-state index >= 15 is 0 Å². The fourth-order valence-corrected chi connectivity index (χ4v) is 2.28. The highest BCUT2D eigenvalue weighted by Crippen LogP contribution is 2.15. The summed E-state index contributed by atoms with van der Waals surface area (Å²) in [4.78, 5) is 11.9. The lowest BCUT2D eigenvalue weighted by Gasteiger charge is -2.31. The van der Waals surface area contributed by atoms with Gasteiger partial charge < -0.3 is 15.8 Å². The fraction of sp³-hybridized carbons (Fsp3) is 0.562. The Morgan fingerprint density at radius 3 is 2.45 bits per heavy atom. The molecule has 0 aliphatic carbocycles. The van der Waals surface area contributed by atoms with Crippen molar-refractivity contribution >= 4 is 18.3 Å². The summed E-state index contributed by atoms with van der Waals surface area (Å²) in [5.74, 6) is 0.598. The molecule has 1 rings (SSSR count). The Labute approximate surface area is 138 Å². The Morgan fingerprint density at radius 1 is 1.36 bits per heavy atom. The minimum Gasteiger partial charge on any atom is -0.493 e. The van der Waals surface area contributed by atoms with Gasteiger partial charge in [0.2, 0.25) is 5.91 Å². The minimum atomic E-state index is -0.388. The molecule has 1 unspecified atom stereocenters. The summed E-state index contributed by atoms with van der Waals surface area (Å²) < 4.78 is 18.1. The van der Waals surface area contributed by atoms with Crippen LogP contribution in [-0.4, -0.2) is 24.6 Å². The van der Waals surface area contributed by atoms with Crippen molar-refractivity contribution in [3.8, 4) is 5.75 Å². The molecule has 6 heteroatoms. The van der Waals surface area contributed by atoms with Crippen molar-refractivity contribution in [3.05, 3.63) is 30.1 Å². The van der Waals surface area contributed by atoms with Crippen LogP contribution in [0.1, 0.15) is 33.6 Å². The van der Waals surface area contributed by atoms with E-state index in [9.17, 15) is 9.18 Å². The van der Waals surface area contributed by atoms with Crippen molar-refractivity contribution < 1.29 is 13.9 Å². The van der Waals surface area contributed by atoms with Crippen molar-refractivity contribution in [3.63, 3.8) is 0 Å². The average molecular weight is 333 g/mol. The molecule has 0 radical (unpaired) electrons. The van der Waals surface area contributed by atoms with Crippen LogP contribution < -0.4 is 15.8 Å². The average Bonchev–Trinajstić information content (AvgIpc) is 2.40. The van der Waals surface area contributed by atoms with Gasteiger partial charge >= 0.3 is 0 Å². The van der Waals surface area contributed by atoms with Crippen LogP contribution in [0.3, 0.4) is 0 Å². The number of amides is 1. The number of ether oxygens (including phenoxy) is 1. The van der Waals surface area contributed by atoms with E-state index in [4.69, 9.17) is 10.5 Å². The maximum Gasteiger partial charge on any atom is 0.223 e. The molecular formula is C16H26ClFN2O2. The summed E-state index contributed by atoms with van der Waals surface area (Å²) >= 11 is 0. The maximum absolute atomic E-state index is 12.7. The van der Waals surface area contributed by atoms with E-state index in [0.717, 1.165) is 6.42 Å². The monoisotopic (exact) mass is 332 g/mol. The molecule has 0 aliphatic heterocycles. The van der Waals surface area contributed by atoms with Crippen LogP contribution in [0.5, 0.6) is 5.75 Å². The molecule has 0 saturated carbocycles. The molecule has 126 valence electrons. The number of hydrogen-bond donors (Lipinski definition) is 2. The quantitative estimate of drug-likeness (QED) is 0.769. The van der Waals surface area contributed by atoms with Gasteiger partial charge in [-0.15, -0.1) is 12.4 Å². The Morgan fingerprint density at radius 2 is 1.95 bits per heavy atom. The molecule has 22 heavy (non-hydrogen) atoms. The first-order valence-electron chi connectivity index (χ1n) is 7.24. The van der Waals surface area contributed by atoms with Crippen LogP contribution in [0.15, 0.2) is 24.3 Å². The van der Waals surface area contributed by atoms with E-state index in [1.165, 1.54) is 24.3 Å². The normalized spacial score (nSPS) is 13.2. The topological polar surface area (TPSA) is 64.3 Å². The number of nitrogens with one attached hydrogen (secondary N) is 1. The first-order chi connectivity index (χ1) is 9.84. The number of carbonyl (C=O) groups is 1. The van der Waals surface area contributed by atoms with Crippen molar-refractivity contribution in [2.45, 2.75) is 39.2 Å². The lowest BCUT2D eigenvalue weighted by molar-refractivity contribution is -0.123. The lowest BCUT2D eigenvalue weighted by Crippen LogP contribution is -2.52. The second-order valence-corrected chi connectivity index (χ2v) is 5.96. The number of rotatable bonds is 8. The highest BCUT2D eigenvalue weighted by molar-refractivity contribution is 5.85. The van der Waals surface area contributed by atoms with Gasteiger partial charge in [0.05, 0.1) is 13.0 Å². The van der Waals surface area contributed by atoms with Gasteiger partial charge in [-0.25, -0.2) is 4.39 Å². The number of hydrogen-bond acceptors (Lipinski definition) is 3. The SMILES string of the molecule is CC(C)CC(C)(CN)NC(=O)CCOc1ccc(F)cc1.Cl. The molecule has 0 saturated heterocycles. The molecule has 3 N–H and O–H groups in total. The van der Waals surface area contributed by atoms with Crippen LogP contribution in [0.4, 0.5) is 4.39 Å². The van der Waals surface area contributed by atoms with Crippen molar-refractivity contribution in [2.75, 3.05) is 13.2 Å². The third kappa shape index (κ3) is 7.61. The molecule has 0 aliphatic rings. The first kappa shape index (κ1) is 20.7. The van der Waals surface area contributed by atoms with Gasteiger partial charge in [-0.3, -0.25) is 4.79 Å². The van der Waals surface area contributed by atoms with E-state index in [0.29, 0.717) is 18.2 Å². The second kappa shape index (κ2) is 9.64. The number of benzene rings is 1. The molecule has 1 aromatic carbocycles. The zero-order valence-corrected chi connectivity index (χ0v) is 14.2. The van der Waals surface area contributed by atoms with Gasteiger partial charge in [-0.05, 0) is 43.5 Å². The molecular weight excluding hydrogens is 307 g/mol. The molecule has 4 nitrogen and oxygen atoms in total. The van der Waals surface area contributed by atoms with Crippen molar-refractivity contribution in [1.82, 2.24) is 5.32 Å². The van der Waals surface area contributed by atoms with E-state index in [2.05, 4.69) is 19.2 Å². The summed E-state index contributed by atoms with van der Waals surface area (Å²) in [5, 5.41) is 2.97. The summed E-state index contributed by atoms with van der Waals surface area (Å²) in [6, 6.07) is 5.72. The number of nitrogens with two attached hydrogens (primary N) is 1. The van der Waals surface area contributed by atoms with Crippen LogP contribution in [0, 0.1) is 11.7 Å². The fourth-order valence-electron chi connectivity index (χ4n) is 2.28. The summed E-state index contributed by atoms with van der Waals surface area (Å²) in [7, 11) is 0. The Balaban J connectivity index is 0.00000441. The van der Waals surface area contributed by atoms with Crippen molar-refractivity contribution in [1.29, 1.82) is 0 Å². The predicted octanol–water partition coefficient (Wildman–Crippen LogP) is 2.90. The third-order valence-corrected chi connectivity index (χ3v) is 3.16. The van der Waals surface area contributed by atoms with Gasteiger partial charge in [-0.1, -0.05) is 13.8 Å². The van der Waals surface area contributed by atoms with Gasteiger partial charge in [0.25, 0.3) is 0 Å². The molecule has 0 spiro atoms. The molecule has 0 aromatic heterocycles. The second-order valence-electron chi connectivity index (χ2n) is 5.96. The summed E-state index contributed by atoms with van der Waals surface area (Å²) in [5.41, 5.74) is 5.37.